The average molecular weight is 1120 g/mol. The number of methoxy groups -OCH3 is 2. The van der Waals surface area contributed by atoms with Gasteiger partial charge in [0.25, 0.3) is 0 Å². The fourth-order valence-corrected chi connectivity index (χ4v) is 10.6. The molecule has 24 atom stereocenters. The summed E-state index contributed by atoms with van der Waals surface area (Å²) in [7, 11) is 2.21. The normalized spacial score (nSPS) is 41.4. The van der Waals surface area contributed by atoms with E-state index in [-0.39, 0.29) is 41.9 Å². The number of aliphatic hydroxyl groups excluding tert-OH is 12. The lowest BCUT2D eigenvalue weighted by Gasteiger charge is -2.42. The zero-order chi connectivity index (χ0) is 57.4. The predicted molar refractivity (Wildman–Crippen MR) is 254 cm³/mol. The van der Waals surface area contributed by atoms with Crippen molar-refractivity contribution in [2.75, 3.05) is 47.3 Å². The van der Waals surface area contributed by atoms with E-state index in [1.165, 1.54) is 12.2 Å². The Morgan fingerprint density at radius 1 is 0.615 bits per heavy atom. The highest BCUT2D eigenvalue weighted by Crippen LogP contribution is 2.45. The molecule has 0 amide bonds. The Morgan fingerprint density at radius 2 is 1.03 bits per heavy atom. The van der Waals surface area contributed by atoms with Crippen LogP contribution in [0.25, 0.3) is 0 Å². The van der Waals surface area contributed by atoms with Crippen LogP contribution in [-0.4, -0.2) is 243 Å². The van der Waals surface area contributed by atoms with Gasteiger partial charge >= 0.3 is 23.9 Å². The monoisotopic (exact) mass is 1120 g/mol. The van der Waals surface area contributed by atoms with E-state index in [0.717, 1.165) is 26.7 Å². The van der Waals surface area contributed by atoms with Crippen molar-refractivity contribution in [1.82, 2.24) is 0 Å². The summed E-state index contributed by atoms with van der Waals surface area (Å²) in [5.41, 5.74) is 0.0691. The maximum atomic E-state index is 14.2. The minimum Gasteiger partial charge on any atom is -0.468 e. The molecular formula is C50H74O28. The fourth-order valence-electron chi connectivity index (χ4n) is 10.6. The van der Waals surface area contributed by atoms with E-state index in [1.807, 2.05) is 0 Å². The number of allylic oxidation sites excluding steroid dienone is 2. The first kappa shape index (κ1) is 62.9. The lowest BCUT2D eigenvalue weighted by molar-refractivity contribution is -0.327. The fraction of sp³-hybridized carbons (Fsp3) is 0.760. The quantitative estimate of drug-likeness (QED) is 0.0311. The summed E-state index contributed by atoms with van der Waals surface area (Å²) >= 11 is 0. The van der Waals surface area contributed by atoms with Crippen molar-refractivity contribution in [3.8, 4) is 0 Å². The van der Waals surface area contributed by atoms with Gasteiger partial charge in [0.2, 0.25) is 12.6 Å². The van der Waals surface area contributed by atoms with Gasteiger partial charge in [0.15, 0.2) is 18.9 Å². The standard InChI is InChI=1S/C50H74O28/c1-7-21-24(27(44(65)67-5)17-71-46(21)77-49-42(63)39(60)36(57)31(13-52)75-49)10-33(54)69-16-26-20(4)29(9-23(26)19(3)15-70-48-41(62)38(59)35(56)30(12-51)74-48)73-34(55)11-25-22(8-2)47(72-18-28(25)45(66)68-6)78-50-43(64)40(61)37(58)32(14-53)76-50/h7-8,17-20,23-26,29-32,35-43,46-53,56-64H,9-16H2,1-6H3. The summed E-state index contributed by atoms with van der Waals surface area (Å²) in [6.07, 6.45) is -24.3. The van der Waals surface area contributed by atoms with Gasteiger partial charge in [-0.25, -0.2) is 9.59 Å². The molecule has 1 saturated carbocycles. The van der Waals surface area contributed by atoms with Crippen molar-refractivity contribution >= 4 is 23.9 Å². The third-order valence-corrected chi connectivity index (χ3v) is 15.3. The largest absolute Gasteiger partial charge is 0.468 e. The molecule has 0 aromatic carbocycles. The first-order valence-electron chi connectivity index (χ1n) is 25.5. The molecule has 4 fully saturated rings. The number of carbonyl (C=O) groups excluding carboxylic acids is 4. The molecule has 0 spiro atoms. The smallest absolute Gasteiger partial charge is 0.337 e. The number of esters is 4. The van der Waals surface area contributed by atoms with Crippen LogP contribution >= 0.6 is 0 Å². The lowest BCUT2D eigenvalue weighted by Crippen LogP contribution is -2.60. The molecule has 24 unspecified atom stereocenters. The van der Waals surface area contributed by atoms with Gasteiger partial charge in [-0.1, -0.05) is 26.0 Å². The Kier molecular flexibility index (Phi) is 22.5. The molecule has 3 saturated heterocycles. The van der Waals surface area contributed by atoms with Gasteiger partial charge in [0.05, 0.1) is 83.8 Å². The highest BCUT2D eigenvalue weighted by molar-refractivity contribution is 5.91. The molecule has 0 radical (unpaired) electrons. The van der Waals surface area contributed by atoms with Crippen LogP contribution in [0.15, 0.2) is 47.0 Å². The predicted octanol–water partition coefficient (Wildman–Crippen LogP) is -4.47. The van der Waals surface area contributed by atoms with Crippen molar-refractivity contribution in [3.05, 3.63) is 47.0 Å². The molecule has 28 nitrogen and oxygen atoms in total. The molecule has 5 heterocycles. The van der Waals surface area contributed by atoms with Crippen LogP contribution in [0.1, 0.15) is 47.0 Å². The molecule has 0 aromatic rings. The Hall–Kier alpha value is -4.28. The zero-order valence-corrected chi connectivity index (χ0v) is 43.7. The molecule has 0 aromatic heterocycles. The van der Waals surface area contributed by atoms with E-state index >= 15 is 0 Å². The average Bonchev–Trinajstić information content (AvgIpc) is 3.78. The van der Waals surface area contributed by atoms with Crippen LogP contribution in [0.5, 0.6) is 0 Å². The van der Waals surface area contributed by atoms with E-state index < -0.39 is 203 Å². The number of aliphatic hydroxyl groups is 12. The van der Waals surface area contributed by atoms with Crippen molar-refractivity contribution in [2.45, 2.75) is 158 Å². The van der Waals surface area contributed by atoms with Crippen molar-refractivity contribution in [2.24, 2.45) is 35.5 Å². The topological polar surface area (TPSA) is 422 Å². The van der Waals surface area contributed by atoms with Gasteiger partial charge < -0.3 is 118 Å². The summed E-state index contributed by atoms with van der Waals surface area (Å²) in [5, 5.41) is 123. The van der Waals surface area contributed by atoms with Crippen LogP contribution in [0.4, 0.5) is 0 Å². The van der Waals surface area contributed by atoms with Gasteiger partial charge in [-0.15, -0.1) is 0 Å². The van der Waals surface area contributed by atoms with E-state index in [2.05, 4.69) is 0 Å². The van der Waals surface area contributed by atoms with Gasteiger partial charge in [-0.3, -0.25) is 9.59 Å². The summed E-state index contributed by atoms with van der Waals surface area (Å²) in [5.74, 6) is -7.95. The SMILES string of the molecule is CC=C1C(OC2OC(CO)C(O)C(O)C2O)OC=C(C(=O)OC)C1CC(=O)OCC1C(C)C(OC(=O)CC2C(C(=O)OC)=COC(OC3OC(CO)C(O)C(O)C3O)C2=CC)CC1C(C)COC1OC(CO)C(O)C(O)C1O. The van der Waals surface area contributed by atoms with E-state index in [9.17, 15) is 80.5 Å². The van der Waals surface area contributed by atoms with E-state index in [0.29, 0.717) is 0 Å². The Balaban J connectivity index is 1.20. The molecule has 5 aliphatic heterocycles. The summed E-state index contributed by atoms with van der Waals surface area (Å²) in [4.78, 5) is 54.4. The summed E-state index contributed by atoms with van der Waals surface area (Å²) in [6.45, 7) is 3.89. The van der Waals surface area contributed by atoms with Crippen LogP contribution in [-0.2, 0) is 76.0 Å². The van der Waals surface area contributed by atoms with Gasteiger partial charge in [-0.05, 0) is 38.0 Å². The Morgan fingerprint density at radius 3 is 1.44 bits per heavy atom. The third kappa shape index (κ3) is 13.7. The molecule has 6 aliphatic rings. The molecular weight excluding hydrogens is 1050 g/mol. The second kappa shape index (κ2) is 27.9. The second-order valence-electron chi connectivity index (χ2n) is 20.0. The minimum atomic E-state index is -1.82. The lowest BCUT2D eigenvalue weighted by atomic mass is 9.83. The highest BCUT2D eigenvalue weighted by atomic mass is 16.8. The number of carbonyl (C=O) groups is 4. The molecule has 1 aliphatic carbocycles. The molecule has 12 N–H and O–H groups in total. The number of hydrogen-bond donors (Lipinski definition) is 12. The van der Waals surface area contributed by atoms with Crippen molar-refractivity contribution in [3.63, 3.8) is 0 Å². The molecule has 28 heteroatoms. The Labute approximate surface area is 447 Å². The van der Waals surface area contributed by atoms with Crippen LogP contribution in [0, 0.1) is 35.5 Å². The number of rotatable bonds is 20. The van der Waals surface area contributed by atoms with Crippen molar-refractivity contribution in [1.29, 1.82) is 0 Å². The third-order valence-electron chi connectivity index (χ3n) is 15.3. The van der Waals surface area contributed by atoms with Crippen molar-refractivity contribution < 1.29 is 137 Å². The molecule has 442 valence electrons. The Bertz CT molecular complexity index is 2160. The second-order valence-corrected chi connectivity index (χ2v) is 20.0. The van der Waals surface area contributed by atoms with Crippen LogP contribution in [0.3, 0.4) is 0 Å². The van der Waals surface area contributed by atoms with Gasteiger partial charge in [-0.2, -0.15) is 0 Å². The zero-order valence-electron chi connectivity index (χ0n) is 43.7. The maximum absolute atomic E-state index is 14.2. The van der Waals surface area contributed by atoms with Gasteiger partial charge in [0, 0.05) is 28.9 Å². The first-order valence-corrected chi connectivity index (χ1v) is 25.5. The molecule has 0 bridgehead atoms. The van der Waals surface area contributed by atoms with E-state index in [4.69, 9.17) is 56.8 Å². The molecule has 6 rings (SSSR count). The highest BCUT2D eigenvalue weighted by Gasteiger charge is 2.51. The molecule has 78 heavy (non-hydrogen) atoms. The first-order chi connectivity index (χ1) is 37.1. The van der Waals surface area contributed by atoms with E-state index in [1.54, 1.807) is 27.7 Å². The summed E-state index contributed by atoms with van der Waals surface area (Å²) < 4.78 is 67.6. The van der Waals surface area contributed by atoms with Crippen LogP contribution < -0.4 is 0 Å². The number of ether oxygens (including phenoxy) is 12. The van der Waals surface area contributed by atoms with Gasteiger partial charge in [0.1, 0.15) is 79.4 Å². The maximum Gasteiger partial charge on any atom is 0.337 e. The summed E-state index contributed by atoms with van der Waals surface area (Å²) in [6, 6.07) is 0. The van der Waals surface area contributed by atoms with Crippen LogP contribution in [0.2, 0.25) is 0 Å². The number of hydrogen-bond acceptors (Lipinski definition) is 28. The minimum absolute atomic E-state index is 0.121.